The second kappa shape index (κ2) is 21.1. The van der Waals surface area contributed by atoms with Crippen molar-refractivity contribution in [3.05, 3.63) is 71.5 Å². The molecule has 3 N–H and O–H groups in total. The Morgan fingerprint density at radius 3 is 2.53 bits per heavy atom. The molecule has 0 saturated carbocycles. The number of nitrogens with one attached hydrogen (secondary N) is 2. The Hall–Kier alpha value is -5.27. The zero-order chi connectivity index (χ0) is 46.3. The molecule has 2 aliphatic heterocycles. The van der Waals surface area contributed by atoms with Crippen molar-refractivity contribution in [3.8, 4) is 28.1 Å². The van der Waals surface area contributed by atoms with E-state index < -0.39 is 41.3 Å². The number of nitrogens with zero attached hydrogens (tertiary/aromatic N) is 4. The highest BCUT2D eigenvalue weighted by atomic mass is 35.5. The molecule has 2 aliphatic rings. The first-order valence-electron chi connectivity index (χ1n) is 22.9. The molecule has 1 saturated heterocycles. The molecule has 1 fully saturated rings. The number of carbonyl (C=O) groups excluding carboxylic acids is 5. The molecule has 6 bridgehead atoms. The molecule has 0 radical (unpaired) electrons. The average Bonchev–Trinajstić information content (AvgIpc) is 3.57. The normalized spacial score (nSPS) is 18.4. The summed E-state index contributed by atoms with van der Waals surface area (Å²) in [5, 5.41) is 16.7. The second-order valence-electron chi connectivity index (χ2n) is 18.4. The molecular formula is C50H65ClN6O7. The molecule has 344 valence electrons. The lowest BCUT2D eigenvalue weighted by molar-refractivity contribution is -0.155. The summed E-state index contributed by atoms with van der Waals surface area (Å²) < 4.78 is 8.41. The van der Waals surface area contributed by atoms with Gasteiger partial charge in [0.05, 0.1) is 12.3 Å². The first-order chi connectivity index (χ1) is 30.5. The number of carbonyl (C=O) groups is 5. The molecule has 0 aliphatic carbocycles. The topological polar surface area (TPSA) is 163 Å². The fourth-order valence-electron chi connectivity index (χ4n) is 9.29. The number of esters is 1. The molecule has 0 spiro atoms. The van der Waals surface area contributed by atoms with Crippen LogP contribution in [0.15, 0.2) is 54.7 Å². The van der Waals surface area contributed by atoms with Crippen LogP contribution in [0.2, 0.25) is 0 Å². The van der Waals surface area contributed by atoms with Gasteiger partial charge in [-0.3, -0.25) is 34.0 Å². The molecular weight excluding hydrogens is 832 g/mol. The number of cyclic esters (lactones) is 1. The van der Waals surface area contributed by atoms with Crippen LogP contribution in [0.5, 0.6) is 5.75 Å². The van der Waals surface area contributed by atoms with Crippen molar-refractivity contribution in [2.24, 2.45) is 11.3 Å². The summed E-state index contributed by atoms with van der Waals surface area (Å²) in [5.41, 5.74) is 10.1. The van der Waals surface area contributed by atoms with E-state index in [1.54, 1.807) is 19.2 Å². The summed E-state index contributed by atoms with van der Waals surface area (Å²) >= 11 is 5.74. The maximum absolute atomic E-state index is 14.6. The zero-order valence-corrected chi connectivity index (χ0v) is 39.2. The smallest absolute Gasteiger partial charge is 0.324 e. The van der Waals surface area contributed by atoms with Crippen LogP contribution in [0, 0.1) is 11.3 Å². The van der Waals surface area contributed by atoms with Crippen LogP contribution >= 0.6 is 11.6 Å². The number of hydrazine groups is 1. The molecule has 14 heteroatoms. The van der Waals surface area contributed by atoms with E-state index >= 15 is 0 Å². The molecule has 4 aromatic rings. The van der Waals surface area contributed by atoms with Crippen molar-refractivity contribution < 1.29 is 33.8 Å². The number of likely N-dealkylation sites (N-methyl/N-ethyl adjacent to an activating group) is 1. The molecule has 64 heavy (non-hydrogen) atoms. The number of aromatic hydroxyl groups is 1. The number of amides is 3. The lowest BCUT2D eigenvalue weighted by Crippen LogP contribution is -2.62. The minimum Gasteiger partial charge on any atom is -0.508 e. The third kappa shape index (κ3) is 11.1. The van der Waals surface area contributed by atoms with E-state index in [2.05, 4.69) is 61.2 Å². The second-order valence-corrected chi connectivity index (χ2v) is 18.8. The van der Waals surface area contributed by atoms with Gasteiger partial charge >= 0.3 is 5.97 Å². The quantitative estimate of drug-likeness (QED) is 0.0857. The Balaban J connectivity index is 1.41. The number of halogens is 1. The number of phenols is 1. The molecule has 3 amide bonds. The van der Waals surface area contributed by atoms with Crippen molar-refractivity contribution in [1.29, 1.82) is 0 Å². The van der Waals surface area contributed by atoms with Crippen LogP contribution < -0.4 is 10.7 Å². The van der Waals surface area contributed by atoms with E-state index in [1.807, 2.05) is 38.2 Å². The number of hydrogen-bond acceptors (Lipinski definition) is 9. The van der Waals surface area contributed by atoms with Crippen molar-refractivity contribution in [1.82, 2.24) is 30.2 Å². The van der Waals surface area contributed by atoms with Crippen LogP contribution in [-0.2, 0) is 54.5 Å². The van der Waals surface area contributed by atoms with Crippen LogP contribution in [0.3, 0.4) is 0 Å². The number of fused-ring (bicyclic) bond motifs is 6. The monoisotopic (exact) mass is 896 g/mol. The molecule has 3 atom stereocenters. The number of benzene rings is 2. The summed E-state index contributed by atoms with van der Waals surface area (Å²) in [4.78, 5) is 74.7. The average molecular weight is 898 g/mol. The molecule has 6 rings (SSSR count). The van der Waals surface area contributed by atoms with Crippen LogP contribution in [0.25, 0.3) is 33.3 Å². The van der Waals surface area contributed by atoms with Gasteiger partial charge in [-0.05, 0) is 110 Å². The van der Waals surface area contributed by atoms with Gasteiger partial charge in [0.15, 0.2) is 0 Å². The number of hydrogen-bond donors (Lipinski definition) is 3. The van der Waals surface area contributed by atoms with Crippen LogP contribution in [0.1, 0.15) is 103 Å². The van der Waals surface area contributed by atoms with Crippen molar-refractivity contribution in [2.75, 3.05) is 26.1 Å². The highest BCUT2D eigenvalue weighted by Crippen LogP contribution is 2.41. The largest absolute Gasteiger partial charge is 0.508 e. The molecule has 13 nitrogen and oxygen atoms in total. The van der Waals surface area contributed by atoms with E-state index in [0.29, 0.717) is 56.5 Å². The van der Waals surface area contributed by atoms with Crippen LogP contribution in [0.4, 0.5) is 0 Å². The number of aryl methyl sites for hydroxylation is 2. The van der Waals surface area contributed by atoms with E-state index in [9.17, 15) is 29.1 Å². The first-order valence-corrected chi connectivity index (χ1v) is 23.4. The predicted molar refractivity (Wildman–Crippen MR) is 249 cm³/mol. The fourth-order valence-corrected chi connectivity index (χ4v) is 9.42. The van der Waals surface area contributed by atoms with Gasteiger partial charge in [0.25, 0.3) is 5.91 Å². The third-order valence-electron chi connectivity index (χ3n) is 12.5. The number of pyridine rings is 1. The molecule has 4 heterocycles. The van der Waals surface area contributed by atoms with Crippen LogP contribution in [-0.4, -0.2) is 98.2 Å². The van der Waals surface area contributed by atoms with Gasteiger partial charge < -0.3 is 24.6 Å². The van der Waals surface area contributed by atoms with Gasteiger partial charge in [0.1, 0.15) is 29.7 Å². The molecule has 2 aromatic carbocycles. The van der Waals surface area contributed by atoms with E-state index in [-0.39, 0.29) is 55.8 Å². The summed E-state index contributed by atoms with van der Waals surface area (Å²) in [7, 11) is 1.57. The van der Waals surface area contributed by atoms with Crippen molar-refractivity contribution >= 4 is 52.0 Å². The lowest BCUT2D eigenvalue weighted by Gasteiger charge is -2.36. The standard InChI is InChI=1S/C50H65ClN6O7/c1-8-40-37(16-12-22-52-40)46-39-29-50(5,6)30-64-49(63)41-17-13-23-57(54-41)48(62)42(53-47(61)45(31(3)4)55(7)44(60)18-10-14-35(58)15-11-21-51)26-32-24-34(27-36(59)25-32)33-19-20-43(38(39)28-33)56(46)9-2/h12,16,19-20,22,24-25,27-28,31,41-42,45,54,59H,8-11,13-15,17-18,21,23,26,29-30H2,1-7H3,(H,53,61)/t41-,42-,45-/m0/s1. The Bertz CT molecular complexity index is 2360. The minimum atomic E-state index is -1.14. The van der Waals surface area contributed by atoms with Gasteiger partial charge in [-0.25, -0.2) is 5.43 Å². The maximum atomic E-state index is 14.6. The number of Topliss-reactive ketones (excluding diaryl/α,β-unsaturated/α-hetero) is 1. The Morgan fingerprint density at radius 2 is 1.81 bits per heavy atom. The fraction of sp³-hybridized carbons (Fsp3) is 0.520. The number of phenolic OH excluding ortho intramolecular Hbond substituents is 1. The summed E-state index contributed by atoms with van der Waals surface area (Å²) in [6.07, 6.45) is 5.77. The van der Waals surface area contributed by atoms with Gasteiger partial charge in [0, 0.05) is 85.5 Å². The summed E-state index contributed by atoms with van der Waals surface area (Å²) in [6.45, 7) is 13.2. The van der Waals surface area contributed by atoms with Gasteiger partial charge in [0.2, 0.25) is 11.8 Å². The van der Waals surface area contributed by atoms with Gasteiger partial charge in [-0.15, -0.1) is 11.6 Å². The van der Waals surface area contributed by atoms with Crippen molar-refractivity contribution in [3.63, 3.8) is 0 Å². The lowest BCUT2D eigenvalue weighted by atomic mass is 9.84. The third-order valence-corrected chi connectivity index (χ3v) is 12.7. The number of alkyl halides is 1. The van der Waals surface area contributed by atoms with E-state index in [0.717, 1.165) is 51.0 Å². The van der Waals surface area contributed by atoms with E-state index in [1.165, 1.54) is 9.91 Å². The van der Waals surface area contributed by atoms with Gasteiger partial charge in [-0.1, -0.05) is 46.8 Å². The number of rotatable bonds is 14. The molecule has 2 aromatic heterocycles. The first kappa shape index (κ1) is 48.2. The maximum Gasteiger partial charge on any atom is 0.324 e. The Morgan fingerprint density at radius 1 is 1.05 bits per heavy atom. The number of ether oxygens (including phenoxy) is 1. The Labute approximate surface area is 382 Å². The SMILES string of the molecule is CCc1ncccc1-c1c2c3cc(ccc3n1CC)-c1cc(O)cc(c1)C[C@H](NC(=O)[C@H](C(C)C)N(C)C(=O)CCCC(=O)CCCCl)C(=O)N1CCC[C@H](N1)C(=O)OCC(C)(C)C2. The summed E-state index contributed by atoms with van der Waals surface area (Å²) in [6, 6.07) is 12.7. The highest BCUT2D eigenvalue weighted by molar-refractivity contribution is 6.17. The van der Waals surface area contributed by atoms with E-state index in [4.69, 9.17) is 21.3 Å². The highest BCUT2D eigenvalue weighted by Gasteiger charge is 2.37. The predicted octanol–water partition coefficient (Wildman–Crippen LogP) is 7.55. The van der Waals surface area contributed by atoms with Gasteiger partial charge in [-0.2, -0.15) is 0 Å². The number of ketones is 1. The zero-order valence-electron chi connectivity index (χ0n) is 38.5. The molecule has 0 unspecified atom stereocenters. The van der Waals surface area contributed by atoms with Crippen molar-refractivity contribution in [2.45, 2.75) is 130 Å². The Kier molecular flexibility index (Phi) is 15.9. The summed E-state index contributed by atoms with van der Waals surface area (Å²) in [5.74, 6) is -1.63. The minimum absolute atomic E-state index is 0.00100. The number of aromatic nitrogens is 2.